The van der Waals surface area contributed by atoms with Crippen molar-refractivity contribution in [3.8, 4) is 5.75 Å². The smallest absolute Gasteiger partial charge is 0.446 e. The zero-order valence-electron chi connectivity index (χ0n) is 17.0. The van der Waals surface area contributed by atoms with Gasteiger partial charge in [-0.25, -0.2) is 4.39 Å². The van der Waals surface area contributed by atoms with E-state index in [4.69, 9.17) is 4.74 Å². The van der Waals surface area contributed by atoms with Crippen LogP contribution in [-0.4, -0.2) is 37.7 Å². The van der Waals surface area contributed by atoms with Crippen LogP contribution in [0.4, 0.5) is 23.2 Å². The number of hydrogen-bond acceptors (Lipinski definition) is 4. The van der Waals surface area contributed by atoms with E-state index in [0.717, 1.165) is 16.8 Å². The van der Waals surface area contributed by atoms with Gasteiger partial charge in [0.2, 0.25) is 0 Å². The van der Waals surface area contributed by atoms with Crippen LogP contribution in [0.1, 0.15) is 34.3 Å². The second-order valence-electron chi connectivity index (χ2n) is 8.00. The summed E-state index contributed by atoms with van der Waals surface area (Å²) in [5, 5.41) is 0. The molecule has 1 unspecified atom stereocenters. The number of nitrogens with zero attached hydrogens (tertiary/aromatic N) is 1. The van der Waals surface area contributed by atoms with Crippen LogP contribution in [0.15, 0.2) is 41.3 Å². The number of thioether (sulfide) groups is 1. The Morgan fingerprint density at radius 3 is 2.42 bits per heavy atom. The molecule has 1 saturated heterocycles. The average Bonchev–Trinajstić information content (AvgIpc) is 3.02. The predicted molar refractivity (Wildman–Crippen MR) is 113 cm³/mol. The number of carbonyl (C=O) groups excluding carboxylic acids is 1. The molecular weight excluding hydrogens is 430 g/mol. The summed E-state index contributed by atoms with van der Waals surface area (Å²) in [6, 6.07) is 9.94. The number of benzene rings is 2. The molecule has 0 saturated carbocycles. The normalized spacial score (nSPS) is 19.6. The quantitative estimate of drug-likeness (QED) is 0.420. The van der Waals surface area contributed by atoms with Crippen molar-refractivity contribution < 1.29 is 27.1 Å². The van der Waals surface area contributed by atoms with E-state index in [0.29, 0.717) is 50.1 Å². The largest absolute Gasteiger partial charge is 0.495 e. The number of rotatable bonds is 5. The van der Waals surface area contributed by atoms with E-state index in [9.17, 15) is 22.4 Å². The Morgan fingerprint density at radius 2 is 1.81 bits per heavy atom. The number of methoxy groups -OCH3 is 1. The second kappa shape index (κ2) is 8.73. The summed E-state index contributed by atoms with van der Waals surface area (Å²) < 4.78 is 56.6. The number of alkyl halides is 4. The molecule has 0 bridgehead atoms. The third-order valence-electron chi connectivity index (χ3n) is 5.91. The molecule has 3 nitrogen and oxygen atoms in total. The molecule has 0 radical (unpaired) electrons. The first-order chi connectivity index (χ1) is 14.7. The van der Waals surface area contributed by atoms with Crippen molar-refractivity contribution in [1.29, 1.82) is 0 Å². The van der Waals surface area contributed by atoms with Gasteiger partial charge in [-0.3, -0.25) is 4.79 Å². The van der Waals surface area contributed by atoms with Crippen molar-refractivity contribution >= 4 is 23.2 Å². The average molecular weight is 454 g/mol. The maximum Gasteiger partial charge on any atom is 0.446 e. The molecule has 8 heteroatoms. The van der Waals surface area contributed by atoms with E-state index in [1.807, 2.05) is 6.07 Å². The number of halogens is 4. The van der Waals surface area contributed by atoms with E-state index in [1.165, 1.54) is 12.1 Å². The van der Waals surface area contributed by atoms with Gasteiger partial charge in [-0.05, 0) is 72.8 Å². The minimum Gasteiger partial charge on any atom is -0.495 e. The SMILES string of the molecule is COc1cc2c(cc1N1CCC(F)CC1)CC(Cc1ccc(SC(F)(F)F)cc1)C2=O. The Hall–Kier alpha value is -2.22. The molecule has 1 aliphatic carbocycles. The van der Waals surface area contributed by atoms with Crippen LogP contribution in [-0.2, 0) is 12.8 Å². The number of carbonyl (C=O) groups is 1. The Labute approximate surface area is 182 Å². The van der Waals surface area contributed by atoms with Crippen LogP contribution in [0.3, 0.4) is 0 Å². The van der Waals surface area contributed by atoms with Crippen molar-refractivity contribution in [2.24, 2.45) is 5.92 Å². The Balaban J connectivity index is 1.50. The third-order valence-corrected chi connectivity index (χ3v) is 6.65. The molecule has 1 heterocycles. The summed E-state index contributed by atoms with van der Waals surface area (Å²) in [7, 11) is 1.56. The molecule has 2 aromatic carbocycles. The van der Waals surface area contributed by atoms with Crippen molar-refractivity contribution in [2.45, 2.75) is 42.3 Å². The zero-order valence-corrected chi connectivity index (χ0v) is 17.9. The number of ketones is 1. The maximum absolute atomic E-state index is 13.5. The second-order valence-corrected chi connectivity index (χ2v) is 9.14. The molecule has 0 spiro atoms. The Kier molecular flexibility index (Phi) is 6.19. The number of Topliss-reactive ketones (excluding diaryl/α,β-unsaturated/α-hetero) is 1. The molecule has 1 fully saturated rings. The van der Waals surface area contributed by atoms with Gasteiger partial charge in [0, 0.05) is 29.5 Å². The lowest BCUT2D eigenvalue weighted by Crippen LogP contribution is -2.34. The van der Waals surface area contributed by atoms with E-state index in [2.05, 4.69) is 4.90 Å². The van der Waals surface area contributed by atoms with E-state index >= 15 is 0 Å². The molecular formula is C23H23F4NO2S. The van der Waals surface area contributed by atoms with Crippen LogP contribution in [0, 0.1) is 5.92 Å². The van der Waals surface area contributed by atoms with Gasteiger partial charge < -0.3 is 9.64 Å². The minimum absolute atomic E-state index is 0.0241. The summed E-state index contributed by atoms with van der Waals surface area (Å²) in [5.74, 6) is 0.377. The van der Waals surface area contributed by atoms with Gasteiger partial charge in [0.1, 0.15) is 11.9 Å². The fraction of sp³-hybridized carbons (Fsp3) is 0.435. The summed E-state index contributed by atoms with van der Waals surface area (Å²) in [6.45, 7) is 1.21. The molecule has 166 valence electrons. The van der Waals surface area contributed by atoms with Crippen LogP contribution in [0.2, 0.25) is 0 Å². The first-order valence-electron chi connectivity index (χ1n) is 10.2. The van der Waals surface area contributed by atoms with Gasteiger partial charge in [-0.1, -0.05) is 12.1 Å². The van der Waals surface area contributed by atoms with E-state index in [-0.39, 0.29) is 28.4 Å². The molecule has 2 aliphatic rings. The highest BCUT2D eigenvalue weighted by Crippen LogP contribution is 2.40. The van der Waals surface area contributed by atoms with Gasteiger partial charge in [-0.2, -0.15) is 13.2 Å². The molecule has 0 amide bonds. The fourth-order valence-electron chi connectivity index (χ4n) is 4.36. The van der Waals surface area contributed by atoms with Gasteiger partial charge in [0.15, 0.2) is 5.78 Å². The molecule has 0 aromatic heterocycles. The number of anilines is 1. The third kappa shape index (κ3) is 5.00. The lowest BCUT2D eigenvalue weighted by Gasteiger charge is -2.32. The first kappa shape index (κ1) is 22.0. The van der Waals surface area contributed by atoms with Crippen LogP contribution in [0.25, 0.3) is 0 Å². The number of fused-ring (bicyclic) bond motifs is 1. The molecule has 1 atom stereocenters. The minimum atomic E-state index is -4.32. The van der Waals surface area contributed by atoms with Crippen molar-refractivity contribution in [1.82, 2.24) is 0 Å². The number of hydrogen-bond donors (Lipinski definition) is 0. The van der Waals surface area contributed by atoms with Gasteiger partial charge in [0.25, 0.3) is 0 Å². The lowest BCUT2D eigenvalue weighted by atomic mass is 9.96. The van der Waals surface area contributed by atoms with Crippen molar-refractivity contribution in [3.63, 3.8) is 0 Å². The highest BCUT2D eigenvalue weighted by Gasteiger charge is 2.33. The Bertz CT molecular complexity index is 953. The van der Waals surface area contributed by atoms with Gasteiger partial charge in [0.05, 0.1) is 12.8 Å². The Morgan fingerprint density at radius 1 is 1.13 bits per heavy atom. The van der Waals surface area contributed by atoms with Gasteiger partial charge in [-0.15, -0.1) is 0 Å². The molecule has 2 aromatic rings. The summed E-state index contributed by atoms with van der Waals surface area (Å²) in [4.78, 5) is 15.2. The lowest BCUT2D eigenvalue weighted by molar-refractivity contribution is -0.0328. The first-order valence-corrected chi connectivity index (χ1v) is 11.0. The molecule has 1 aliphatic heterocycles. The summed E-state index contributed by atoms with van der Waals surface area (Å²) >= 11 is -0.147. The van der Waals surface area contributed by atoms with Crippen molar-refractivity contribution in [3.05, 3.63) is 53.1 Å². The predicted octanol–water partition coefficient (Wildman–Crippen LogP) is 5.84. The standard InChI is InChI=1S/C23H23F4NO2S/c1-30-21-13-19-15(12-20(21)28-8-6-17(24)7-9-28)11-16(22(19)29)10-14-2-4-18(5-3-14)31-23(25,26)27/h2-5,12-13,16-17H,6-11H2,1H3. The number of piperidine rings is 1. The van der Waals surface area contributed by atoms with Crippen LogP contribution >= 0.6 is 11.8 Å². The highest BCUT2D eigenvalue weighted by atomic mass is 32.2. The molecule has 0 N–H and O–H groups in total. The van der Waals surface area contributed by atoms with Crippen LogP contribution in [0.5, 0.6) is 5.75 Å². The molecule has 4 rings (SSSR count). The van der Waals surface area contributed by atoms with Crippen molar-refractivity contribution in [2.75, 3.05) is 25.1 Å². The van der Waals surface area contributed by atoms with E-state index < -0.39 is 11.7 Å². The number of ether oxygens (including phenoxy) is 1. The maximum atomic E-state index is 13.5. The topological polar surface area (TPSA) is 29.5 Å². The zero-order chi connectivity index (χ0) is 22.2. The molecule has 31 heavy (non-hydrogen) atoms. The fourth-order valence-corrected chi connectivity index (χ4v) is 4.90. The highest BCUT2D eigenvalue weighted by molar-refractivity contribution is 8.00. The van der Waals surface area contributed by atoms with E-state index in [1.54, 1.807) is 25.3 Å². The monoisotopic (exact) mass is 453 g/mol. The van der Waals surface area contributed by atoms with Crippen LogP contribution < -0.4 is 9.64 Å². The summed E-state index contributed by atoms with van der Waals surface area (Å²) in [5.41, 5.74) is -1.03. The summed E-state index contributed by atoms with van der Waals surface area (Å²) in [6.07, 6.45) is 1.22. The van der Waals surface area contributed by atoms with Gasteiger partial charge >= 0.3 is 5.51 Å².